The van der Waals surface area contributed by atoms with Crippen LogP contribution in [0.15, 0.2) is 40.0 Å². The standard InChI is InChI=1S/C19H23N3O6S/c1-3-28-19(24)13-8-10-22(11-9-13)29(25,26)17-12-14(4-6-16(17)27-2)15-5-7-18(23)21-20-15/h4-7,12-13H,3,8-11H2,1-2H3,(H,21,23). The molecule has 156 valence electrons. The lowest BCUT2D eigenvalue weighted by atomic mass is 9.98. The van der Waals surface area contributed by atoms with Crippen LogP contribution < -0.4 is 10.3 Å². The van der Waals surface area contributed by atoms with E-state index in [1.807, 2.05) is 0 Å². The number of ether oxygens (including phenoxy) is 2. The van der Waals surface area contributed by atoms with E-state index in [2.05, 4.69) is 10.2 Å². The molecule has 29 heavy (non-hydrogen) atoms. The van der Waals surface area contributed by atoms with E-state index in [0.29, 0.717) is 30.7 Å². The molecule has 0 aliphatic carbocycles. The Hall–Kier alpha value is -2.72. The van der Waals surface area contributed by atoms with Crippen molar-refractivity contribution in [2.24, 2.45) is 5.92 Å². The van der Waals surface area contributed by atoms with Crippen molar-refractivity contribution in [1.82, 2.24) is 14.5 Å². The number of H-pyrrole nitrogens is 1. The Morgan fingerprint density at radius 3 is 2.55 bits per heavy atom. The van der Waals surface area contributed by atoms with Gasteiger partial charge < -0.3 is 9.47 Å². The topological polar surface area (TPSA) is 119 Å². The normalized spacial score (nSPS) is 15.8. The second kappa shape index (κ2) is 8.75. The first kappa shape index (κ1) is 21.0. The molecule has 1 N–H and O–H groups in total. The number of carbonyl (C=O) groups excluding carboxylic acids is 1. The summed E-state index contributed by atoms with van der Waals surface area (Å²) in [4.78, 5) is 23.2. The first-order valence-electron chi connectivity index (χ1n) is 9.27. The van der Waals surface area contributed by atoms with Crippen LogP contribution in [-0.2, 0) is 19.6 Å². The summed E-state index contributed by atoms with van der Waals surface area (Å²) >= 11 is 0. The molecular weight excluding hydrogens is 398 g/mol. The molecular formula is C19H23N3O6S. The third kappa shape index (κ3) is 4.48. The molecule has 0 saturated carbocycles. The maximum Gasteiger partial charge on any atom is 0.309 e. The van der Waals surface area contributed by atoms with E-state index in [4.69, 9.17) is 9.47 Å². The van der Waals surface area contributed by atoms with E-state index in [0.717, 1.165) is 0 Å². The van der Waals surface area contributed by atoms with Crippen molar-refractivity contribution in [3.05, 3.63) is 40.7 Å². The SMILES string of the molecule is CCOC(=O)C1CCN(S(=O)(=O)c2cc(-c3ccc(=O)[nH]n3)ccc2OC)CC1. The van der Waals surface area contributed by atoms with Crippen LogP contribution in [0.4, 0.5) is 0 Å². The Bertz CT molecular complexity index is 1020. The summed E-state index contributed by atoms with van der Waals surface area (Å²) in [5.41, 5.74) is 0.617. The molecule has 0 spiro atoms. The number of nitrogens with zero attached hydrogens (tertiary/aromatic N) is 2. The quantitative estimate of drug-likeness (QED) is 0.701. The molecule has 1 aromatic carbocycles. The van der Waals surface area contributed by atoms with Gasteiger partial charge in [-0.3, -0.25) is 9.59 Å². The minimum absolute atomic E-state index is 0.0140. The molecule has 1 aromatic heterocycles. The predicted molar refractivity (Wildman–Crippen MR) is 105 cm³/mol. The Morgan fingerprint density at radius 1 is 1.24 bits per heavy atom. The highest BCUT2D eigenvalue weighted by Crippen LogP contribution is 2.33. The molecule has 0 amide bonds. The number of aromatic nitrogens is 2. The lowest BCUT2D eigenvalue weighted by molar-refractivity contribution is -0.149. The Morgan fingerprint density at radius 2 is 1.97 bits per heavy atom. The van der Waals surface area contributed by atoms with E-state index in [9.17, 15) is 18.0 Å². The zero-order chi connectivity index (χ0) is 21.0. The lowest BCUT2D eigenvalue weighted by Crippen LogP contribution is -2.40. The summed E-state index contributed by atoms with van der Waals surface area (Å²) in [6.07, 6.45) is 0.809. The summed E-state index contributed by atoms with van der Waals surface area (Å²) in [6.45, 7) is 2.49. The molecule has 0 radical (unpaired) electrons. The average molecular weight is 421 g/mol. The number of hydrogen-bond acceptors (Lipinski definition) is 7. The van der Waals surface area contributed by atoms with Gasteiger partial charge in [-0.15, -0.1) is 0 Å². The molecule has 9 nitrogen and oxygen atoms in total. The highest BCUT2D eigenvalue weighted by Gasteiger charge is 2.34. The smallest absolute Gasteiger partial charge is 0.309 e. The van der Waals surface area contributed by atoms with Crippen molar-refractivity contribution in [2.45, 2.75) is 24.7 Å². The van der Waals surface area contributed by atoms with Crippen LogP contribution in [0.2, 0.25) is 0 Å². The lowest BCUT2D eigenvalue weighted by Gasteiger charge is -2.30. The maximum absolute atomic E-state index is 13.3. The molecule has 1 fully saturated rings. The first-order chi connectivity index (χ1) is 13.9. The van der Waals surface area contributed by atoms with Gasteiger partial charge in [0.25, 0.3) is 5.56 Å². The van der Waals surface area contributed by atoms with Gasteiger partial charge in [-0.2, -0.15) is 9.40 Å². The Labute approximate surface area is 168 Å². The van der Waals surface area contributed by atoms with Gasteiger partial charge in [-0.05, 0) is 44.0 Å². The predicted octanol–water partition coefficient (Wildman–Crippen LogP) is 1.41. The van der Waals surface area contributed by atoms with Crippen LogP contribution in [0.1, 0.15) is 19.8 Å². The fourth-order valence-electron chi connectivity index (χ4n) is 3.27. The Balaban J connectivity index is 1.88. The van der Waals surface area contributed by atoms with Crippen LogP contribution >= 0.6 is 0 Å². The fraction of sp³-hybridized carbons (Fsp3) is 0.421. The number of nitrogens with one attached hydrogen (secondary N) is 1. The van der Waals surface area contributed by atoms with E-state index in [-0.39, 0.29) is 41.2 Å². The zero-order valence-electron chi connectivity index (χ0n) is 16.3. The molecule has 1 saturated heterocycles. The zero-order valence-corrected chi connectivity index (χ0v) is 17.1. The maximum atomic E-state index is 13.3. The number of sulfonamides is 1. The molecule has 0 bridgehead atoms. The first-order valence-corrected chi connectivity index (χ1v) is 10.7. The second-order valence-electron chi connectivity index (χ2n) is 6.60. The third-order valence-electron chi connectivity index (χ3n) is 4.83. The van der Waals surface area contributed by atoms with E-state index >= 15 is 0 Å². The Kier molecular flexibility index (Phi) is 6.33. The molecule has 3 rings (SSSR count). The average Bonchev–Trinajstić information content (AvgIpc) is 2.74. The molecule has 2 heterocycles. The van der Waals surface area contributed by atoms with Crippen molar-refractivity contribution in [3.8, 4) is 17.0 Å². The van der Waals surface area contributed by atoms with Crippen molar-refractivity contribution in [3.63, 3.8) is 0 Å². The number of carbonyl (C=O) groups is 1. The highest BCUT2D eigenvalue weighted by atomic mass is 32.2. The van der Waals surface area contributed by atoms with Gasteiger partial charge in [0, 0.05) is 24.7 Å². The third-order valence-corrected chi connectivity index (χ3v) is 6.75. The van der Waals surface area contributed by atoms with Gasteiger partial charge in [0.05, 0.1) is 25.3 Å². The summed E-state index contributed by atoms with van der Waals surface area (Å²) < 4.78 is 38.2. The van der Waals surface area contributed by atoms with Crippen LogP contribution in [0.25, 0.3) is 11.3 Å². The van der Waals surface area contributed by atoms with Gasteiger partial charge in [-0.1, -0.05) is 0 Å². The number of methoxy groups -OCH3 is 1. The monoisotopic (exact) mass is 421 g/mol. The molecule has 0 atom stereocenters. The van der Waals surface area contributed by atoms with E-state index in [1.165, 1.54) is 29.6 Å². The second-order valence-corrected chi connectivity index (χ2v) is 8.51. The van der Waals surface area contributed by atoms with Crippen molar-refractivity contribution >= 4 is 16.0 Å². The van der Waals surface area contributed by atoms with Gasteiger partial charge in [0.15, 0.2) is 0 Å². The number of piperidine rings is 1. The van der Waals surface area contributed by atoms with Gasteiger partial charge in [0.2, 0.25) is 10.0 Å². The minimum Gasteiger partial charge on any atom is -0.495 e. The number of esters is 1. The summed E-state index contributed by atoms with van der Waals surface area (Å²) in [6, 6.07) is 7.54. The largest absolute Gasteiger partial charge is 0.495 e. The van der Waals surface area contributed by atoms with Crippen molar-refractivity contribution < 1.29 is 22.7 Å². The van der Waals surface area contributed by atoms with E-state index < -0.39 is 10.0 Å². The summed E-state index contributed by atoms with van der Waals surface area (Å²) in [7, 11) is -2.45. The van der Waals surface area contributed by atoms with Gasteiger partial charge >= 0.3 is 5.97 Å². The van der Waals surface area contributed by atoms with Crippen molar-refractivity contribution in [2.75, 3.05) is 26.8 Å². The van der Waals surface area contributed by atoms with Crippen LogP contribution in [0.3, 0.4) is 0 Å². The van der Waals surface area contributed by atoms with Crippen molar-refractivity contribution in [1.29, 1.82) is 0 Å². The minimum atomic E-state index is -3.85. The fourth-order valence-corrected chi connectivity index (χ4v) is 4.93. The van der Waals surface area contributed by atoms with E-state index in [1.54, 1.807) is 19.1 Å². The molecule has 1 aliphatic heterocycles. The summed E-state index contributed by atoms with van der Waals surface area (Å²) in [5.74, 6) is -0.362. The molecule has 1 aliphatic rings. The van der Waals surface area contributed by atoms with Crippen LogP contribution in [0, 0.1) is 5.92 Å². The number of benzene rings is 1. The molecule has 0 unspecified atom stereocenters. The van der Waals surface area contributed by atoms with Crippen LogP contribution in [0.5, 0.6) is 5.75 Å². The molecule has 10 heteroatoms. The number of hydrogen-bond donors (Lipinski definition) is 1. The van der Waals surface area contributed by atoms with Crippen LogP contribution in [-0.4, -0.2) is 55.7 Å². The van der Waals surface area contributed by atoms with Gasteiger partial charge in [-0.25, -0.2) is 13.5 Å². The highest BCUT2D eigenvalue weighted by molar-refractivity contribution is 7.89. The number of rotatable bonds is 6. The molecule has 2 aromatic rings. The number of aromatic amines is 1. The summed E-state index contributed by atoms with van der Waals surface area (Å²) in [5, 5.41) is 6.28. The van der Waals surface area contributed by atoms with Gasteiger partial charge in [0.1, 0.15) is 10.6 Å².